The fraction of sp³-hybridized carbons (Fsp3) is 0.235. The average Bonchev–Trinajstić information content (AvgIpc) is 2.95. The molecule has 2 aromatic carbocycles. The topological polar surface area (TPSA) is 66.5 Å². The van der Waals surface area contributed by atoms with Crippen molar-refractivity contribution in [1.29, 1.82) is 0 Å². The van der Waals surface area contributed by atoms with Gasteiger partial charge < -0.3 is 5.32 Å². The van der Waals surface area contributed by atoms with Gasteiger partial charge in [-0.1, -0.05) is 11.6 Å². The van der Waals surface area contributed by atoms with E-state index in [9.17, 15) is 17.6 Å². The van der Waals surface area contributed by atoms with E-state index in [1.165, 1.54) is 28.2 Å². The molecule has 0 spiro atoms. The molecule has 1 aliphatic heterocycles. The fourth-order valence-corrected chi connectivity index (χ4v) is 5.11. The Balaban J connectivity index is 1.67. The zero-order valence-corrected chi connectivity index (χ0v) is 16.0. The van der Waals surface area contributed by atoms with E-state index >= 15 is 0 Å². The number of thioether (sulfide) groups is 1. The summed E-state index contributed by atoms with van der Waals surface area (Å²) in [5, 5.41) is 3.04. The number of anilines is 2. The molecule has 0 aromatic heterocycles. The lowest BCUT2D eigenvalue weighted by molar-refractivity contribution is -0.113. The lowest BCUT2D eigenvalue weighted by Gasteiger charge is -2.19. The van der Waals surface area contributed by atoms with Gasteiger partial charge in [-0.15, -0.1) is 11.8 Å². The van der Waals surface area contributed by atoms with E-state index < -0.39 is 10.0 Å². The van der Waals surface area contributed by atoms with E-state index in [4.69, 9.17) is 11.6 Å². The summed E-state index contributed by atoms with van der Waals surface area (Å²) < 4.78 is 38.3. The predicted octanol–water partition coefficient (Wildman–Crippen LogP) is 3.75. The molecule has 1 saturated heterocycles. The highest BCUT2D eigenvalue weighted by Gasteiger charge is 2.30. The van der Waals surface area contributed by atoms with Gasteiger partial charge in [0.15, 0.2) is 0 Å². The lowest BCUT2D eigenvalue weighted by Crippen LogP contribution is -2.25. The Labute approximate surface area is 160 Å². The summed E-state index contributed by atoms with van der Waals surface area (Å²) in [6.07, 6.45) is 0.545. The number of carbonyl (C=O) groups excluding carboxylic acids is 1. The van der Waals surface area contributed by atoms with Crippen LogP contribution in [0, 0.1) is 5.82 Å². The fourth-order valence-electron chi connectivity index (χ4n) is 2.57. The molecule has 1 aliphatic rings. The van der Waals surface area contributed by atoms with Crippen molar-refractivity contribution in [2.45, 2.75) is 11.3 Å². The molecular weight excluding hydrogens is 399 g/mol. The molecule has 0 saturated carbocycles. The van der Waals surface area contributed by atoms with Gasteiger partial charge in [0.05, 0.1) is 22.2 Å². The van der Waals surface area contributed by atoms with Crippen LogP contribution in [-0.4, -0.2) is 32.4 Å². The number of nitrogens with zero attached hydrogens (tertiary/aromatic N) is 1. The van der Waals surface area contributed by atoms with E-state index in [1.54, 1.807) is 30.3 Å². The number of nitrogens with one attached hydrogen (secondary N) is 1. The van der Waals surface area contributed by atoms with Crippen molar-refractivity contribution in [1.82, 2.24) is 0 Å². The average molecular weight is 415 g/mol. The van der Waals surface area contributed by atoms with Crippen LogP contribution in [0.5, 0.6) is 0 Å². The molecule has 138 valence electrons. The number of carbonyl (C=O) groups is 1. The number of benzene rings is 2. The highest BCUT2D eigenvalue weighted by Crippen LogP contribution is 2.33. The van der Waals surface area contributed by atoms with Gasteiger partial charge in [-0.2, -0.15) is 0 Å². The van der Waals surface area contributed by atoms with Crippen molar-refractivity contribution in [2.75, 3.05) is 27.7 Å². The maximum absolute atomic E-state index is 12.9. The molecule has 1 heterocycles. The lowest BCUT2D eigenvalue weighted by atomic mass is 10.2. The van der Waals surface area contributed by atoms with Crippen LogP contribution in [-0.2, 0) is 14.8 Å². The number of rotatable bonds is 5. The second kappa shape index (κ2) is 7.85. The molecule has 1 N–H and O–H groups in total. The molecule has 3 rings (SSSR count). The zero-order valence-electron chi connectivity index (χ0n) is 13.6. The van der Waals surface area contributed by atoms with Crippen LogP contribution < -0.4 is 9.62 Å². The van der Waals surface area contributed by atoms with Crippen LogP contribution in [0.15, 0.2) is 47.4 Å². The second-order valence-corrected chi connectivity index (χ2v) is 9.17. The standard InChI is InChI=1S/C17H16ClFN2O3S2/c18-15-7-4-13(10-16(15)21-8-1-9-26(21,23)24)20-17(22)11-25-14-5-2-12(19)3-6-14/h2-7,10H,1,8-9,11H2,(H,20,22). The van der Waals surface area contributed by atoms with E-state index in [-0.39, 0.29) is 23.2 Å². The van der Waals surface area contributed by atoms with Crippen molar-refractivity contribution in [3.63, 3.8) is 0 Å². The molecule has 1 fully saturated rings. The molecule has 5 nitrogen and oxygen atoms in total. The zero-order chi connectivity index (χ0) is 18.7. The third kappa shape index (κ3) is 4.49. The molecule has 0 unspecified atom stereocenters. The normalized spacial score (nSPS) is 15.8. The van der Waals surface area contributed by atoms with E-state index in [0.29, 0.717) is 29.4 Å². The van der Waals surface area contributed by atoms with Crippen molar-refractivity contribution >= 4 is 50.7 Å². The Bertz CT molecular complexity index is 920. The van der Waals surface area contributed by atoms with Crippen molar-refractivity contribution in [2.24, 2.45) is 0 Å². The molecule has 0 radical (unpaired) electrons. The van der Waals surface area contributed by atoms with Gasteiger partial charge in [-0.05, 0) is 48.9 Å². The van der Waals surface area contributed by atoms with Crippen molar-refractivity contribution < 1.29 is 17.6 Å². The largest absolute Gasteiger partial charge is 0.325 e. The number of sulfonamides is 1. The first kappa shape index (κ1) is 19.0. The smallest absolute Gasteiger partial charge is 0.235 e. The molecule has 0 atom stereocenters. The Kier molecular flexibility index (Phi) is 5.74. The summed E-state index contributed by atoms with van der Waals surface area (Å²) in [7, 11) is -3.36. The van der Waals surface area contributed by atoms with E-state index in [0.717, 1.165) is 4.90 Å². The SMILES string of the molecule is O=C(CSc1ccc(F)cc1)Nc1ccc(Cl)c(N2CCCS2(=O)=O)c1. The van der Waals surface area contributed by atoms with E-state index in [2.05, 4.69) is 5.32 Å². The minimum Gasteiger partial charge on any atom is -0.325 e. The van der Waals surface area contributed by atoms with Gasteiger partial charge >= 0.3 is 0 Å². The van der Waals surface area contributed by atoms with Gasteiger partial charge in [-0.25, -0.2) is 12.8 Å². The maximum Gasteiger partial charge on any atom is 0.235 e. The van der Waals surface area contributed by atoms with Crippen LogP contribution in [0.2, 0.25) is 5.02 Å². The summed E-state index contributed by atoms with van der Waals surface area (Å²) >= 11 is 7.42. The van der Waals surface area contributed by atoms with Crippen molar-refractivity contribution in [3.05, 3.63) is 53.3 Å². The Morgan fingerprint density at radius 1 is 1.23 bits per heavy atom. The third-order valence-corrected chi connectivity index (χ3v) is 6.97. The molecular formula is C17H16ClFN2O3S2. The minimum absolute atomic E-state index is 0.0915. The van der Waals surface area contributed by atoms with Gasteiger partial charge in [-0.3, -0.25) is 9.10 Å². The molecule has 1 amide bonds. The minimum atomic E-state index is -3.36. The molecule has 9 heteroatoms. The van der Waals surface area contributed by atoms with Gasteiger partial charge in [0.25, 0.3) is 0 Å². The quantitative estimate of drug-likeness (QED) is 0.756. The van der Waals surface area contributed by atoms with E-state index in [1.807, 2.05) is 0 Å². The Morgan fingerprint density at radius 2 is 1.96 bits per heavy atom. The van der Waals surface area contributed by atoms with Crippen LogP contribution in [0.3, 0.4) is 0 Å². The maximum atomic E-state index is 12.9. The monoisotopic (exact) mass is 414 g/mol. The first-order valence-corrected chi connectivity index (χ1v) is 10.8. The third-order valence-electron chi connectivity index (χ3n) is 3.78. The van der Waals surface area contributed by atoms with Crippen LogP contribution in [0.25, 0.3) is 0 Å². The van der Waals surface area contributed by atoms with Crippen molar-refractivity contribution in [3.8, 4) is 0 Å². The second-order valence-electron chi connectivity index (χ2n) is 5.70. The molecule has 26 heavy (non-hydrogen) atoms. The van der Waals surface area contributed by atoms with Crippen LogP contribution in [0.4, 0.5) is 15.8 Å². The van der Waals surface area contributed by atoms with Gasteiger partial charge in [0.1, 0.15) is 5.82 Å². The summed E-state index contributed by atoms with van der Waals surface area (Å²) in [4.78, 5) is 12.9. The predicted molar refractivity (Wildman–Crippen MR) is 103 cm³/mol. The summed E-state index contributed by atoms with van der Waals surface area (Å²) in [6, 6.07) is 10.6. The number of hydrogen-bond acceptors (Lipinski definition) is 4. The van der Waals surface area contributed by atoms with Gasteiger partial charge in [0, 0.05) is 17.1 Å². The van der Waals surface area contributed by atoms with Gasteiger partial charge in [0.2, 0.25) is 15.9 Å². The highest BCUT2D eigenvalue weighted by molar-refractivity contribution is 8.00. The Hall–Kier alpha value is -1.77. The van der Waals surface area contributed by atoms with Crippen LogP contribution in [0.1, 0.15) is 6.42 Å². The molecule has 0 aliphatic carbocycles. The molecule has 0 bridgehead atoms. The summed E-state index contributed by atoms with van der Waals surface area (Å²) in [5.41, 5.74) is 0.837. The highest BCUT2D eigenvalue weighted by atomic mass is 35.5. The first-order valence-electron chi connectivity index (χ1n) is 7.83. The number of amides is 1. The first-order chi connectivity index (χ1) is 12.3. The Morgan fingerprint density at radius 3 is 2.62 bits per heavy atom. The van der Waals surface area contributed by atoms with Crippen LogP contribution >= 0.6 is 23.4 Å². The summed E-state index contributed by atoms with van der Waals surface area (Å²) in [6.45, 7) is 0.375. The number of hydrogen-bond donors (Lipinski definition) is 1. The molecule has 2 aromatic rings. The summed E-state index contributed by atoms with van der Waals surface area (Å²) in [5.74, 6) is -0.346. The number of halogens is 2.